The number of aryl methyl sites for hydroxylation is 1. The van der Waals surface area contributed by atoms with Gasteiger partial charge in [-0.15, -0.1) is 0 Å². The zero-order valence-electron chi connectivity index (χ0n) is 9.86. The molecule has 16 heavy (non-hydrogen) atoms. The van der Waals surface area contributed by atoms with E-state index in [0.29, 0.717) is 19.6 Å². The molecule has 0 bridgehead atoms. The summed E-state index contributed by atoms with van der Waals surface area (Å²) in [6.07, 6.45) is 1.59. The van der Waals surface area contributed by atoms with Crippen LogP contribution in [0.15, 0.2) is 24.3 Å². The van der Waals surface area contributed by atoms with E-state index in [9.17, 15) is 0 Å². The van der Waals surface area contributed by atoms with E-state index in [1.807, 2.05) is 12.1 Å². The minimum Gasteiger partial charge on any atom is -0.396 e. The molecule has 1 unspecified atom stereocenters. The summed E-state index contributed by atoms with van der Waals surface area (Å²) in [7, 11) is 0. The predicted octanol–water partition coefficient (Wildman–Crippen LogP) is 1.65. The van der Waals surface area contributed by atoms with Crippen molar-refractivity contribution in [3.05, 3.63) is 35.4 Å². The molecule has 1 atom stereocenters. The maximum Gasteiger partial charge on any atom is 0.0949 e. The van der Waals surface area contributed by atoms with Crippen LogP contribution in [0.2, 0.25) is 0 Å². The summed E-state index contributed by atoms with van der Waals surface area (Å²) in [5.74, 6) is 0. The molecule has 1 aromatic rings. The molecular weight excluding hydrogens is 202 g/mol. The van der Waals surface area contributed by atoms with Gasteiger partial charge in [0.15, 0.2) is 0 Å². The Kier molecular flexibility index (Phi) is 6.08. The highest BCUT2D eigenvalue weighted by Crippen LogP contribution is 2.21. The van der Waals surface area contributed by atoms with E-state index in [1.165, 1.54) is 11.1 Å². The summed E-state index contributed by atoms with van der Waals surface area (Å²) in [6.45, 7) is 3.31. The van der Waals surface area contributed by atoms with Crippen LogP contribution in [0, 0.1) is 0 Å². The average Bonchev–Trinajstić information content (AvgIpc) is 2.35. The lowest BCUT2D eigenvalue weighted by Crippen LogP contribution is -2.18. The van der Waals surface area contributed by atoms with Crippen molar-refractivity contribution in [1.29, 1.82) is 0 Å². The van der Waals surface area contributed by atoms with Crippen molar-refractivity contribution in [2.75, 3.05) is 19.8 Å². The molecule has 0 aromatic heterocycles. The largest absolute Gasteiger partial charge is 0.396 e. The fourth-order valence-corrected chi connectivity index (χ4v) is 1.75. The zero-order chi connectivity index (χ0) is 11.8. The molecule has 1 rings (SSSR count). The first-order chi connectivity index (χ1) is 7.83. The summed E-state index contributed by atoms with van der Waals surface area (Å²) < 4.78 is 5.68. The second kappa shape index (κ2) is 7.39. The van der Waals surface area contributed by atoms with Crippen molar-refractivity contribution in [3.8, 4) is 0 Å². The third kappa shape index (κ3) is 3.59. The van der Waals surface area contributed by atoms with Crippen molar-refractivity contribution in [3.63, 3.8) is 0 Å². The van der Waals surface area contributed by atoms with Crippen molar-refractivity contribution in [1.82, 2.24) is 0 Å². The molecule has 0 saturated carbocycles. The van der Waals surface area contributed by atoms with Gasteiger partial charge in [-0.3, -0.25) is 0 Å². The lowest BCUT2D eigenvalue weighted by atomic mass is 10.0. The first kappa shape index (κ1) is 13.2. The van der Waals surface area contributed by atoms with Gasteiger partial charge in [-0.2, -0.15) is 0 Å². The van der Waals surface area contributed by atoms with Crippen LogP contribution in [-0.4, -0.2) is 24.9 Å². The van der Waals surface area contributed by atoms with Gasteiger partial charge >= 0.3 is 0 Å². The van der Waals surface area contributed by atoms with Gasteiger partial charge in [0.2, 0.25) is 0 Å². The summed E-state index contributed by atoms with van der Waals surface area (Å²) in [5, 5.41) is 8.71. The van der Waals surface area contributed by atoms with Gasteiger partial charge in [0, 0.05) is 19.8 Å². The topological polar surface area (TPSA) is 55.5 Å². The molecule has 0 spiro atoms. The lowest BCUT2D eigenvalue weighted by Gasteiger charge is -2.19. The third-order valence-electron chi connectivity index (χ3n) is 2.62. The molecule has 0 heterocycles. The average molecular weight is 223 g/mol. The highest BCUT2D eigenvalue weighted by molar-refractivity contribution is 5.29. The molecule has 0 aliphatic heterocycles. The van der Waals surface area contributed by atoms with Crippen LogP contribution in [0.5, 0.6) is 0 Å². The Labute approximate surface area is 97.2 Å². The lowest BCUT2D eigenvalue weighted by molar-refractivity contribution is 0.0483. The SMILES string of the molecule is CCc1ccccc1C(CN)OCCCO. The Hall–Kier alpha value is -0.900. The number of benzene rings is 1. The molecule has 90 valence electrons. The Morgan fingerprint density at radius 1 is 1.38 bits per heavy atom. The molecule has 3 heteroatoms. The van der Waals surface area contributed by atoms with Crippen LogP contribution in [-0.2, 0) is 11.2 Å². The van der Waals surface area contributed by atoms with Crippen LogP contribution in [0.4, 0.5) is 0 Å². The minimum absolute atomic E-state index is 0.0531. The number of aliphatic hydroxyl groups excluding tert-OH is 1. The highest BCUT2D eigenvalue weighted by atomic mass is 16.5. The Morgan fingerprint density at radius 2 is 2.12 bits per heavy atom. The van der Waals surface area contributed by atoms with Gasteiger partial charge < -0.3 is 15.6 Å². The van der Waals surface area contributed by atoms with E-state index in [0.717, 1.165) is 6.42 Å². The van der Waals surface area contributed by atoms with Gasteiger partial charge in [0.25, 0.3) is 0 Å². The molecular formula is C13H21NO2. The van der Waals surface area contributed by atoms with Crippen LogP contribution in [0.3, 0.4) is 0 Å². The van der Waals surface area contributed by atoms with Crippen LogP contribution < -0.4 is 5.73 Å². The normalized spacial score (nSPS) is 12.7. The minimum atomic E-state index is -0.0531. The molecule has 0 radical (unpaired) electrons. The molecule has 0 aliphatic carbocycles. The third-order valence-corrected chi connectivity index (χ3v) is 2.62. The Morgan fingerprint density at radius 3 is 2.75 bits per heavy atom. The molecule has 0 aliphatic rings. The molecule has 0 saturated heterocycles. The second-order valence-corrected chi connectivity index (χ2v) is 3.72. The fraction of sp³-hybridized carbons (Fsp3) is 0.538. The monoisotopic (exact) mass is 223 g/mol. The van der Waals surface area contributed by atoms with E-state index in [4.69, 9.17) is 15.6 Å². The summed E-state index contributed by atoms with van der Waals surface area (Å²) >= 11 is 0. The van der Waals surface area contributed by atoms with E-state index < -0.39 is 0 Å². The second-order valence-electron chi connectivity index (χ2n) is 3.72. The molecule has 3 nitrogen and oxygen atoms in total. The van der Waals surface area contributed by atoms with E-state index in [2.05, 4.69) is 19.1 Å². The Bertz CT molecular complexity index is 302. The van der Waals surface area contributed by atoms with Gasteiger partial charge in [-0.05, 0) is 24.0 Å². The fourth-order valence-electron chi connectivity index (χ4n) is 1.75. The Balaban J connectivity index is 2.69. The first-order valence-corrected chi connectivity index (χ1v) is 5.83. The maximum atomic E-state index is 8.71. The predicted molar refractivity (Wildman–Crippen MR) is 65.3 cm³/mol. The van der Waals surface area contributed by atoms with Gasteiger partial charge in [0.05, 0.1) is 6.10 Å². The summed E-state index contributed by atoms with van der Waals surface area (Å²) in [4.78, 5) is 0. The standard InChI is InChI=1S/C13H21NO2/c1-2-11-6-3-4-7-12(11)13(10-14)16-9-5-8-15/h3-4,6-7,13,15H,2,5,8-10,14H2,1H3. The van der Waals surface area contributed by atoms with Gasteiger partial charge in [-0.1, -0.05) is 31.2 Å². The van der Waals surface area contributed by atoms with E-state index in [1.54, 1.807) is 0 Å². The quantitative estimate of drug-likeness (QED) is 0.691. The van der Waals surface area contributed by atoms with Gasteiger partial charge in [-0.25, -0.2) is 0 Å². The first-order valence-electron chi connectivity index (χ1n) is 5.83. The number of hydrogen-bond donors (Lipinski definition) is 2. The van der Waals surface area contributed by atoms with E-state index in [-0.39, 0.29) is 12.7 Å². The van der Waals surface area contributed by atoms with Crippen molar-refractivity contribution >= 4 is 0 Å². The molecule has 0 amide bonds. The molecule has 0 fully saturated rings. The van der Waals surface area contributed by atoms with Gasteiger partial charge in [0.1, 0.15) is 0 Å². The zero-order valence-corrected chi connectivity index (χ0v) is 9.86. The number of ether oxygens (including phenoxy) is 1. The summed E-state index contributed by atoms with van der Waals surface area (Å²) in [6, 6.07) is 8.21. The summed E-state index contributed by atoms with van der Waals surface area (Å²) in [5.41, 5.74) is 8.17. The molecule has 1 aromatic carbocycles. The highest BCUT2D eigenvalue weighted by Gasteiger charge is 2.12. The number of nitrogens with two attached hydrogens (primary N) is 1. The van der Waals surface area contributed by atoms with Crippen molar-refractivity contribution in [2.24, 2.45) is 5.73 Å². The number of rotatable bonds is 7. The van der Waals surface area contributed by atoms with Crippen LogP contribution >= 0.6 is 0 Å². The smallest absolute Gasteiger partial charge is 0.0949 e. The van der Waals surface area contributed by atoms with E-state index >= 15 is 0 Å². The number of aliphatic hydroxyl groups is 1. The number of hydrogen-bond acceptors (Lipinski definition) is 3. The van der Waals surface area contributed by atoms with Crippen LogP contribution in [0.1, 0.15) is 30.6 Å². The van der Waals surface area contributed by atoms with Crippen molar-refractivity contribution < 1.29 is 9.84 Å². The van der Waals surface area contributed by atoms with Crippen molar-refractivity contribution in [2.45, 2.75) is 25.9 Å². The molecule has 3 N–H and O–H groups in total. The maximum absolute atomic E-state index is 8.71. The van der Waals surface area contributed by atoms with Crippen LogP contribution in [0.25, 0.3) is 0 Å².